The Morgan fingerprint density at radius 2 is 2.12 bits per heavy atom. The summed E-state index contributed by atoms with van der Waals surface area (Å²) in [6, 6.07) is 6.85. The molecule has 2 rings (SSSR count). The molecule has 0 bridgehead atoms. The van der Waals surface area contributed by atoms with Gasteiger partial charge in [-0.1, -0.05) is 12.1 Å². The van der Waals surface area contributed by atoms with Gasteiger partial charge < -0.3 is 5.11 Å². The van der Waals surface area contributed by atoms with E-state index < -0.39 is 11.9 Å². The number of aliphatic hydroxyl groups is 1. The number of benzene rings is 1. The van der Waals surface area contributed by atoms with E-state index in [9.17, 15) is 9.50 Å². The number of hydrogen-bond acceptors (Lipinski definition) is 2. The Labute approximate surface area is 106 Å². The lowest BCUT2D eigenvalue weighted by atomic mass is 10.1. The average molecular weight is 301 g/mol. The van der Waals surface area contributed by atoms with Gasteiger partial charge in [-0.25, -0.2) is 4.39 Å². The number of thiophene rings is 1. The van der Waals surface area contributed by atoms with Crippen LogP contribution in [-0.2, 0) is 0 Å². The fraction of sp³-hybridized carbons (Fsp3) is 0.167. The van der Waals surface area contributed by atoms with Crippen LogP contribution in [0.5, 0.6) is 0 Å². The van der Waals surface area contributed by atoms with Crippen LogP contribution < -0.4 is 0 Å². The highest BCUT2D eigenvalue weighted by molar-refractivity contribution is 9.10. The van der Waals surface area contributed by atoms with Crippen molar-refractivity contribution in [2.45, 2.75) is 13.0 Å². The van der Waals surface area contributed by atoms with Gasteiger partial charge in [-0.3, -0.25) is 0 Å². The van der Waals surface area contributed by atoms with Crippen molar-refractivity contribution in [1.29, 1.82) is 0 Å². The van der Waals surface area contributed by atoms with Crippen molar-refractivity contribution in [3.63, 3.8) is 0 Å². The maximum Gasteiger partial charge on any atom is 0.143 e. The maximum absolute atomic E-state index is 13.8. The maximum atomic E-state index is 13.8. The summed E-state index contributed by atoms with van der Waals surface area (Å²) >= 11 is 4.55. The minimum Gasteiger partial charge on any atom is -0.383 e. The molecular formula is C12H10BrFOS. The first-order valence-electron chi connectivity index (χ1n) is 4.77. The van der Waals surface area contributed by atoms with Gasteiger partial charge in [0.15, 0.2) is 0 Å². The van der Waals surface area contributed by atoms with E-state index in [2.05, 4.69) is 15.9 Å². The van der Waals surface area contributed by atoms with Gasteiger partial charge in [-0.05, 0) is 45.9 Å². The molecular weight excluding hydrogens is 291 g/mol. The standard InChI is InChI=1S/C12H10BrFOS/c1-7-5-6-16-12(7)11(15)8-3-2-4-9(13)10(8)14/h2-6,11,15H,1H3. The van der Waals surface area contributed by atoms with Gasteiger partial charge >= 0.3 is 0 Å². The van der Waals surface area contributed by atoms with Crippen LogP contribution in [0.15, 0.2) is 34.1 Å². The third kappa shape index (κ3) is 2.05. The third-order valence-electron chi connectivity index (χ3n) is 2.43. The Morgan fingerprint density at radius 3 is 2.75 bits per heavy atom. The minimum absolute atomic E-state index is 0.305. The highest BCUT2D eigenvalue weighted by Gasteiger charge is 2.19. The lowest BCUT2D eigenvalue weighted by Crippen LogP contribution is -2.02. The van der Waals surface area contributed by atoms with Gasteiger partial charge in [0.05, 0.1) is 4.47 Å². The number of halogens is 2. The molecule has 16 heavy (non-hydrogen) atoms. The minimum atomic E-state index is -0.891. The zero-order valence-electron chi connectivity index (χ0n) is 8.58. The molecule has 1 unspecified atom stereocenters. The van der Waals surface area contributed by atoms with Crippen LogP contribution in [0.2, 0.25) is 0 Å². The van der Waals surface area contributed by atoms with Crippen molar-refractivity contribution in [1.82, 2.24) is 0 Å². The molecule has 1 N–H and O–H groups in total. The van der Waals surface area contributed by atoms with Gasteiger partial charge in [0.25, 0.3) is 0 Å². The summed E-state index contributed by atoms with van der Waals surface area (Å²) in [5, 5.41) is 12.0. The van der Waals surface area contributed by atoms with Crippen LogP contribution in [0.3, 0.4) is 0 Å². The van der Waals surface area contributed by atoms with Crippen LogP contribution in [0.25, 0.3) is 0 Å². The van der Waals surface area contributed by atoms with Gasteiger partial charge in [0, 0.05) is 10.4 Å². The number of aliphatic hydroxyl groups excluding tert-OH is 1. The van der Waals surface area contributed by atoms with Gasteiger partial charge in [-0.15, -0.1) is 11.3 Å². The molecule has 1 heterocycles. The summed E-state index contributed by atoms with van der Waals surface area (Å²) in [6.07, 6.45) is -0.891. The van der Waals surface area contributed by atoms with E-state index in [0.717, 1.165) is 10.4 Å². The molecule has 1 aromatic carbocycles. The molecule has 1 atom stereocenters. The third-order valence-corrected chi connectivity index (χ3v) is 4.11. The Kier molecular flexibility index (Phi) is 3.42. The quantitative estimate of drug-likeness (QED) is 0.887. The van der Waals surface area contributed by atoms with E-state index in [-0.39, 0.29) is 0 Å². The molecule has 0 aliphatic carbocycles. The zero-order valence-corrected chi connectivity index (χ0v) is 11.0. The monoisotopic (exact) mass is 300 g/mol. The van der Waals surface area contributed by atoms with Crippen molar-refractivity contribution in [2.75, 3.05) is 0 Å². The Balaban J connectivity index is 2.46. The smallest absolute Gasteiger partial charge is 0.143 e. The molecule has 0 aliphatic heterocycles. The molecule has 4 heteroatoms. The van der Waals surface area contributed by atoms with Crippen molar-refractivity contribution in [2.24, 2.45) is 0 Å². The van der Waals surface area contributed by atoms with Crippen LogP contribution in [-0.4, -0.2) is 5.11 Å². The zero-order chi connectivity index (χ0) is 11.7. The van der Waals surface area contributed by atoms with Crippen molar-refractivity contribution >= 4 is 27.3 Å². The number of hydrogen-bond donors (Lipinski definition) is 1. The summed E-state index contributed by atoms with van der Waals surface area (Å²) in [6.45, 7) is 1.91. The molecule has 84 valence electrons. The topological polar surface area (TPSA) is 20.2 Å². The first kappa shape index (κ1) is 11.8. The second kappa shape index (κ2) is 4.65. The van der Waals surface area contributed by atoms with E-state index >= 15 is 0 Å². The summed E-state index contributed by atoms with van der Waals surface area (Å²) in [7, 11) is 0. The summed E-state index contributed by atoms with van der Waals surface area (Å²) in [5.41, 5.74) is 1.29. The van der Waals surface area contributed by atoms with E-state index in [1.54, 1.807) is 18.2 Å². The second-order valence-corrected chi connectivity index (χ2v) is 5.32. The fourth-order valence-corrected chi connectivity index (χ4v) is 2.85. The fourth-order valence-electron chi connectivity index (χ4n) is 1.54. The Hall–Kier alpha value is -0.710. The van der Waals surface area contributed by atoms with E-state index in [0.29, 0.717) is 10.0 Å². The molecule has 1 nitrogen and oxygen atoms in total. The lowest BCUT2D eigenvalue weighted by Gasteiger charge is -2.12. The molecule has 0 radical (unpaired) electrons. The highest BCUT2D eigenvalue weighted by Crippen LogP contribution is 2.32. The first-order chi connectivity index (χ1) is 7.61. The van der Waals surface area contributed by atoms with E-state index in [1.807, 2.05) is 18.4 Å². The molecule has 0 saturated heterocycles. The average Bonchev–Trinajstić information content (AvgIpc) is 2.68. The van der Waals surface area contributed by atoms with E-state index in [1.165, 1.54) is 11.3 Å². The summed E-state index contributed by atoms with van der Waals surface area (Å²) in [4.78, 5) is 0.789. The Bertz CT molecular complexity index is 509. The van der Waals surface area contributed by atoms with Gasteiger partial charge in [-0.2, -0.15) is 0 Å². The van der Waals surface area contributed by atoms with Gasteiger partial charge in [0.1, 0.15) is 11.9 Å². The van der Waals surface area contributed by atoms with Crippen LogP contribution in [0.1, 0.15) is 22.1 Å². The number of aryl methyl sites for hydroxylation is 1. The summed E-state index contributed by atoms with van der Waals surface area (Å²) in [5.74, 6) is -0.400. The molecule has 1 aromatic heterocycles. The molecule has 0 fully saturated rings. The van der Waals surface area contributed by atoms with Crippen LogP contribution in [0, 0.1) is 12.7 Å². The molecule has 0 saturated carbocycles. The SMILES string of the molecule is Cc1ccsc1C(O)c1cccc(Br)c1F. The molecule has 0 spiro atoms. The summed E-state index contributed by atoms with van der Waals surface area (Å²) < 4.78 is 14.1. The van der Waals surface area contributed by atoms with E-state index in [4.69, 9.17) is 0 Å². The predicted molar refractivity (Wildman–Crippen MR) is 67.2 cm³/mol. The van der Waals surface area contributed by atoms with Gasteiger partial charge in [0.2, 0.25) is 0 Å². The highest BCUT2D eigenvalue weighted by atomic mass is 79.9. The van der Waals surface area contributed by atoms with Crippen molar-refractivity contribution in [3.05, 3.63) is 55.9 Å². The lowest BCUT2D eigenvalue weighted by molar-refractivity contribution is 0.218. The second-order valence-electron chi connectivity index (χ2n) is 3.51. The van der Waals surface area contributed by atoms with Crippen LogP contribution in [0.4, 0.5) is 4.39 Å². The van der Waals surface area contributed by atoms with Crippen molar-refractivity contribution < 1.29 is 9.50 Å². The molecule has 2 aromatic rings. The molecule has 0 aliphatic rings. The molecule has 0 amide bonds. The largest absolute Gasteiger partial charge is 0.383 e. The first-order valence-corrected chi connectivity index (χ1v) is 6.44. The normalized spacial score (nSPS) is 12.8. The predicted octanol–water partition coefficient (Wildman–Crippen LogP) is 4.04. The number of rotatable bonds is 2. The Morgan fingerprint density at radius 1 is 1.38 bits per heavy atom. The van der Waals surface area contributed by atoms with Crippen molar-refractivity contribution in [3.8, 4) is 0 Å². The van der Waals surface area contributed by atoms with Crippen LogP contribution >= 0.6 is 27.3 Å².